The molecular formula is C22H30F5N5O6. The number of nitrogens with two attached hydrogens (primary N) is 2. The number of hydrogen-bond donors (Lipinski definition) is 4. The predicted octanol–water partition coefficient (Wildman–Crippen LogP) is 1.14. The zero-order valence-electron chi connectivity index (χ0n) is 20.6. The second kappa shape index (κ2) is 14.9. The molecule has 2 unspecified atom stereocenters. The van der Waals surface area contributed by atoms with Crippen LogP contribution in [0.3, 0.4) is 0 Å². The Morgan fingerprint density at radius 3 is 2.50 bits per heavy atom. The third-order valence-electron chi connectivity index (χ3n) is 4.90. The fourth-order valence-electron chi connectivity index (χ4n) is 2.84. The van der Waals surface area contributed by atoms with Crippen LogP contribution in [0.15, 0.2) is 18.2 Å². The highest BCUT2D eigenvalue weighted by Crippen LogP contribution is 2.33. The minimum atomic E-state index is -5.02. The van der Waals surface area contributed by atoms with Gasteiger partial charge >= 0.3 is 12.3 Å². The first-order chi connectivity index (χ1) is 17.7. The number of amides is 4. The van der Waals surface area contributed by atoms with Gasteiger partial charge in [0.05, 0.1) is 25.2 Å². The van der Waals surface area contributed by atoms with Crippen LogP contribution in [0.4, 0.5) is 32.4 Å². The summed E-state index contributed by atoms with van der Waals surface area (Å²) in [6.45, 7) is 2.36. The smallest absolute Gasteiger partial charge is 0.421 e. The monoisotopic (exact) mass is 555 g/mol. The van der Waals surface area contributed by atoms with Gasteiger partial charge in [0, 0.05) is 19.2 Å². The minimum absolute atomic E-state index is 0.0214. The van der Waals surface area contributed by atoms with Crippen molar-refractivity contribution in [1.82, 2.24) is 10.6 Å². The van der Waals surface area contributed by atoms with Gasteiger partial charge < -0.3 is 36.5 Å². The fourth-order valence-corrected chi connectivity index (χ4v) is 2.84. The molecule has 1 aromatic rings. The molecular weight excluding hydrogens is 525 g/mol. The molecule has 0 saturated carbocycles. The van der Waals surface area contributed by atoms with Gasteiger partial charge in [-0.2, -0.15) is 13.2 Å². The Hall–Kier alpha value is -3.69. The van der Waals surface area contributed by atoms with Crippen LogP contribution in [-0.4, -0.2) is 75.1 Å². The summed E-state index contributed by atoms with van der Waals surface area (Å²) in [5, 5.41) is 4.09. The average molecular weight is 556 g/mol. The van der Waals surface area contributed by atoms with Gasteiger partial charge in [-0.25, -0.2) is 13.6 Å². The van der Waals surface area contributed by atoms with E-state index in [1.807, 2.05) is 0 Å². The zero-order chi connectivity index (χ0) is 29.0. The number of benzene rings is 1. The molecule has 0 saturated heterocycles. The van der Waals surface area contributed by atoms with Gasteiger partial charge in [0.25, 0.3) is 0 Å². The number of ether oxygens (including phenoxy) is 2. The van der Waals surface area contributed by atoms with Crippen LogP contribution in [0.25, 0.3) is 0 Å². The van der Waals surface area contributed by atoms with Gasteiger partial charge in [0.1, 0.15) is 30.2 Å². The van der Waals surface area contributed by atoms with Crippen molar-refractivity contribution in [2.45, 2.75) is 38.7 Å². The Bertz CT molecular complexity index is 980. The van der Waals surface area contributed by atoms with Crippen molar-refractivity contribution in [3.8, 4) is 5.75 Å². The highest BCUT2D eigenvalue weighted by atomic mass is 19.4. The average Bonchev–Trinajstić information content (AvgIpc) is 2.94. The molecule has 6 N–H and O–H groups in total. The molecule has 0 aromatic heterocycles. The molecule has 0 fully saturated rings. The summed E-state index contributed by atoms with van der Waals surface area (Å²) in [4.78, 5) is 46.3. The number of anilines is 1. The normalized spacial score (nSPS) is 16.5. The lowest BCUT2D eigenvalue weighted by molar-refractivity contribution is -0.179. The fraction of sp³-hybridized carbons (Fsp3) is 0.545. The van der Waals surface area contributed by atoms with E-state index in [1.165, 1.54) is 23.1 Å². The van der Waals surface area contributed by atoms with Crippen molar-refractivity contribution in [3.05, 3.63) is 24.0 Å². The van der Waals surface area contributed by atoms with Crippen LogP contribution >= 0.6 is 0 Å². The highest BCUT2D eigenvalue weighted by Gasteiger charge is 2.40. The quantitative estimate of drug-likeness (QED) is 0.262. The second-order valence-corrected chi connectivity index (χ2v) is 8.02. The molecule has 0 aliphatic carbocycles. The maximum absolute atomic E-state index is 13.5. The first kappa shape index (κ1) is 32.3. The van der Waals surface area contributed by atoms with Gasteiger partial charge in [-0.05, 0) is 26.0 Å². The minimum Gasteiger partial charge on any atom is -0.488 e. The van der Waals surface area contributed by atoms with Crippen molar-refractivity contribution >= 4 is 29.5 Å². The molecule has 2 rings (SSSR count). The second-order valence-electron chi connectivity index (χ2n) is 8.02. The number of carbonyl (C=O) groups is 4. The number of hydrogen-bond acceptors (Lipinski definition) is 7. The van der Waals surface area contributed by atoms with Crippen molar-refractivity contribution in [1.29, 1.82) is 0 Å². The van der Waals surface area contributed by atoms with Crippen LogP contribution in [0, 0.1) is 11.7 Å². The Balaban J connectivity index is 0.000000420. The van der Waals surface area contributed by atoms with Gasteiger partial charge in [-0.1, -0.05) is 0 Å². The molecule has 16 heteroatoms. The number of rotatable bonds is 9. The number of fused-ring (bicyclic) bond motifs is 1. The maximum Gasteiger partial charge on any atom is 0.421 e. The van der Waals surface area contributed by atoms with E-state index in [2.05, 4.69) is 5.32 Å². The molecule has 1 aliphatic rings. The number of primary amides is 1. The topological polar surface area (TPSA) is 166 Å². The Morgan fingerprint density at radius 1 is 1.26 bits per heavy atom. The van der Waals surface area contributed by atoms with Gasteiger partial charge in [-0.15, -0.1) is 0 Å². The van der Waals surface area contributed by atoms with E-state index in [4.69, 9.17) is 20.9 Å². The summed E-state index contributed by atoms with van der Waals surface area (Å²) in [6.07, 6.45) is -8.94. The highest BCUT2D eigenvalue weighted by molar-refractivity contribution is 5.99. The summed E-state index contributed by atoms with van der Waals surface area (Å²) in [6, 6.07) is 4.00. The Morgan fingerprint density at radius 2 is 1.92 bits per heavy atom. The molecule has 214 valence electrons. The number of alkyl halides is 4. The zero-order valence-corrected chi connectivity index (χ0v) is 20.6. The van der Waals surface area contributed by atoms with E-state index in [1.54, 1.807) is 12.2 Å². The van der Waals surface area contributed by atoms with Gasteiger partial charge in [0.2, 0.25) is 23.9 Å². The molecule has 0 bridgehead atoms. The standard InChI is InChI=1S/C15H20FN3O4.C7H10F4N2O2/c1-10-8-14(20)19(6-7-22-15(21)18-5-4-17)12-9-11(16)2-3-13(12)23-10;1-3(5(12)14)6(15)13-2-4(8)7(9,10)11/h2-3,9-10H,4-8,17H2,1H3,(H,18,21);3-4H,2H2,1H3,(H2,12,14)(H,13,15)/t10-;/m1./s1. The lowest BCUT2D eigenvalue weighted by Gasteiger charge is -2.21. The molecule has 0 radical (unpaired) electrons. The number of carbonyl (C=O) groups excluding carboxylic acids is 4. The number of alkyl carbamates (subject to hydrolysis) is 1. The van der Waals surface area contributed by atoms with E-state index >= 15 is 0 Å². The van der Waals surface area contributed by atoms with Crippen LogP contribution in [0.1, 0.15) is 20.3 Å². The molecule has 1 aliphatic heterocycles. The third-order valence-corrected chi connectivity index (χ3v) is 4.90. The van der Waals surface area contributed by atoms with E-state index in [0.29, 0.717) is 24.5 Å². The lowest BCUT2D eigenvalue weighted by Crippen LogP contribution is -2.42. The summed E-state index contributed by atoms with van der Waals surface area (Å²) in [5.41, 5.74) is 10.3. The molecule has 0 spiro atoms. The van der Waals surface area contributed by atoms with Gasteiger partial charge in [0.15, 0.2) is 0 Å². The first-order valence-electron chi connectivity index (χ1n) is 11.3. The van der Waals surface area contributed by atoms with E-state index < -0.39 is 48.5 Å². The number of halogens is 5. The van der Waals surface area contributed by atoms with E-state index in [0.717, 1.165) is 6.92 Å². The molecule has 11 nitrogen and oxygen atoms in total. The summed E-state index contributed by atoms with van der Waals surface area (Å²) < 4.78 is 71.3. The largest absolute Gasteiger partial charge is 0.488 e. The van der Waals surface area contributed by atoms with Crippen LogP contribution < -0.4 is 31.7 Å². The summed E-state index contributed by atoms with van der Waals surface area (Å²) in [7, 11) is 0. The SMILES string of the molecule is CC(C(N)=O)C(=O)NCC(F)C(F)(F)F.C[C@@H]1CC(=O)N(CCOC(=O)NCCN)c2cc(F)ccc2O1. The third kappa shape index (κ3) is 10.7. The van der Waals surface area contributed by atoms with Gasteiger partial charge in [-0.3, -0.25) is 14.4 Å². The number of nitrogens with zero attached hydrogens (tertiary/aromatic N) is 1. The lowest BCUT2D eigenvalue weighted by atomic mass is 10.1. The van der Waals surface area contributed by atoms with E-state index in [9.17, 15) is 41.1 Å². The van der Waals surface area contributed by atoms with Crippen molar-refractivity contribution in [3.63, 3.8) is 0 Å². The molecule has 3 atom stereocenters. The van der Waals surface area contributed by atoms with Crippen molar-refractivity contribution in [2.24, 2.45) is 17.4 Å². The molecule has 4 amide bonds. The molecule has 1 heterocycles. The first-order valence-corrected chi connectivity index (χ1v) is 11.3. The predicted molar refractivity (Wildman–Crippen MR) is 124 cm³/mol. The van der Waals surface area contributed by atoms with E-state index in [-0.39, 0.29) is 31.6 Å². The van der Waals surface area contributed by atoms with Crippen molar-refractivity contribution < 1.29 is 50.6 Å². The van der Waals surface area contributed by atoms with Crippen LogP contribution in [-0.2, 0) is 19.1 Å². The van der Waals surface area contributed by atoms with Crippen LogP contribution in [0.5, 0.6) is 5.75 Å². The number of nitrogens with one attached hydrogen (secondary N) is 2. The van der Waals surface area contributed by atoms with Crippen LogP contribution in [0.2, 0.25) is 0 Å². The Labute approximate surface area is 215 Å². The molecule has 38 heavy (non-hydrogen) atoms. The van der Waals surface area contributed by atoms with Crippen molar-refractivity contribution in [2.75, 3.05) is 37.7 Å². The maximum atomic E-state index is 13.5. The summed E-state index contributed by atoms with van der Waals surface area (Å²) >= 11 is 0. The Kier molecular flexibility index (Phi) is 12.7. The molecule has 1 aromatic carbocycles. The summed E-state index contributed by atoms with van der Waals surface area (Å²) in [5.74, 6) is -3.57.